The number of nitrogens with two attached hydrogens (primary N) is 1. The van der Waals surface area contributed by atoms with Gasteiger partial charge in [0.05, 0.1) is 12.1 Å². The first-order chi connectivity index (χ1) is 5.91. The van der Waals surface area contributed by atoms with E-state index in [1.54, 1.807) is 0 Å². The highest BCUT2D eigenvalue weighted by Gasteiger charge is 2.27. The SMILES string of the molecule is CS(=O)(=O)N1CCCC(C(=N)N)C1. The number of rotatable bonds is 2. The minimum absolute atomic E-state index is 0.0911. The van der Waals surface area contributed by atoms with E-state index in [-0.39, 0.29) is 11.8 Å². The van der Waals surface area contributed by atoms with Gasteiger partial charge < -0.3 is 5.73 Å². The van der Waals surface area contributed by atoms with E-state index in [1.165, 1.54) is 10.6 Å². The van der Waals surface area contributed by atoms with Gasteiger partial charge in [0.2, 0.25) is 10.0 Å². The number of amidine groups is 1. The summed E-state index contributed by atoms with van der Waals surface area (Å²) in [6.07, 6.45) is 2.80. The first kappa shape index (κ1) is 10.5. The molecule has 1 aliphatic rings. The van der Waals surface area contributed by atoms with Crippen LogP contribution < -0.4 is 5.73 Å². The highest BCUT2D eigenvalue weighted by molar-refractivity contribution is 7.88. The average Bonchev–Trinajstić information content (AvgIpc) is 2.03. The van der Waals surface area contributed by atoms with E-state index in [9.17, 15) is 8.42 Å². The van der Waals surface area contributed by atoms with Crippen LogP contribution in [0, 0.1) is 11.3 Å². The molecule has 0 aromatic rings. The number of nitrogens with one attached hydrogen (secondary N) is 1. The second-order valence-electron chi connectivity index (χ2n) is 3.42. The van der Waals surface area contributed by atoms with Crippen molar-refractivity contribution >= 4 is 15.9 Å². The molecule has 0 aromatic carbocycles. The molecule has 76 valence electrons. The zero-order chi connectivity index (χ0) is 10.1. The van der Waals surface area contributed by atoms with Crippen LogP contribution >= 0.6 is 0 Å². The van der Waals surface area contributed by atoms with E-state index in [4.69, 9.17) is 11.1 Å². The van der Waals surface area contributed by atoms with E-state index in [1.807, 2.05) is 0 Å². The van der Waals surface area contributed by atoms with Crippen molar-refractivity contribution in [3.8, 4) is 0 Å². The maximum Gasteiger partial charge on any atom is 0.211 e. The second-order valence-corrected chi connectivity index (χ2v) is 5.40. The van der Waals surface area contributed by atoms with Crippen molar-refractivity contribution < 1.29 is 8.42 Å². The Bertz CT molecular complexity index is 299. The molecule has 1 fully saturated rings. The first-order valence-electron chi connectivity index (χ1n) is 4.20. The predicted octanol–water partition coefficient (Wildman–Crippen LogP) is -0.406. The highest BCUT2D eigenvalue weighted by atomic mass is 32.2. The Kier molecular flexibility index (Phi) is 2.92. The summed E-state index contributed by atoms with van der Waals surface area (Å²) in [5, 5.41) is 7.24. The van der Waals surface area contributed by atoms with Gasteiger partial charge >= 0.3 is 0 Å². The molecule has 1 unspecified atom stereocenters. The fourth-order valence-corrected chi connectivity index (χ4v) is 2.41. The summed E-state index contributed by atoms with van der Waals surface area (Å²) in [5.41, 5.74) is 5.33. The Morgan fingerprint density at radius 2 is 2.23 bits per heavy atom. The molecule has 13 heavy (non-hydrogen) atoms. The van der Waals surface area contributed by atoms with Crippen LogP contribution in [0.3, 0.4) is 0 Å². The van der Waals surface area contributed by atoms with Crippen LogP contribution in [0.25, 0.3) is 0 Å². The van der Waals surface area contributed by atoms with Gasteiger partial charge in [-0.1, -0.05) is 0 Å². The minimum atomic E-state index is -3.11. The quantitative estimate of drug-likeness (QED) is 0.474. The molecular weight excluding hydrogens is 190 g/mol. The Morgan fingerprint density at radius 3 is 2.69 bits per heavy atom. The average molecular weight is 205 g/mol. The molecule has 0 spiro atoms. The Balaban J connectivity index is 2.67. The molecule has 1 rings (SSSR count). The van der Waals surface area contributed by atoms with Gasteiger partial charge in [0.15, 0.2) is 0 Å². The molecule has 5 nitrogen and oxygen atoms in total. The lowest BCUT2D eigenvalue weighted by Gasteiger charge is -2.29. The van der Waals surface area contributed by atoms with Crippen molar-refractivity contribution in [2.45, 2.75) is 12.8 Å². The number of piperidine rings is 1. The lowest BCUT2D eigenvalue weighted by molar-refractivity contribution is 0.312. The number of hydrogen-bond acceptors (Lipinski definition) is 3. The third kappa shape index (κ3) is 2.67. The summed E-state index contributed by atoms with van der Waals surface area (Å²) in [5.74, 6) is -0.00294. The standard InChI is InChI=1S/C7H15N3O2S/c1-13(11,12)10-4-2-3-6(5-10)7(8)9/h6H,2-5H2,1H3,(H3,8,9). The smallest absolute Gasteiger partial charge is 0.211 e. The molecule has 6 heteroatoms. The third-order valence-electron chi connectivity index (χ3n) is 2.29. The maximum absolute atomic E-state index is 11.2. The summed E-state index contributed by atoms with van der Waals surface area (Å²) in [4.78, 5) is 0. The Hall–Kier alpha value is -0.620. The predicted molar refractivity (Wildman–Crippen MR) is 51.1 cm³/mol. The summed E-state index contributed by atoms with van der Waals surface area (Å²) < 4.78 is 23.7. The van der Waals surface area contributed by atoms with Crippen LogP contribution in [0.1, 0.15) is 12.8 Å². The zero-order valence-corrected chi connectivity index (χ0v) is 8.47. The molecule has 3 N–H and O–H groups in total. The molecule has 0 radical (unpaired) electrons. The van der Waals surface area contributed by atoms with Gasteiger partial charge in [-0.3, -0.25) is 5.41 Å². The van der Waals surface area contributed by atoms with Gasteiger partial charge in [-0.25, -0.2) is 12.7 Å². The maximum atomic E-state index is 11.2. The van der Waals surface area contributed by atoms with Gasteiger partial charge in [0.1, 0.15) is 0 Å². The second kappa shape index (κ2) is 3.63. The monoisotopic (exact) mass is 205 g/mol. The summed E-state index contributed by atoms with van der Waals surface area (Å²) >= 11 is 0. The van der Waals surface area contributed by atoms with Crippen LogP contribution in [0.5, 0.6) is 0 Å². The summed E-state index contributed by atoms with van der Waals surface area (Å²) in [7, 11) is -3.11. The van der Waals surface area contributed by atoms with Crippen LogP contribution in [-0.4, -0.2) is 37.9 Å². The van der Waals surface area contributed by atoms with Gasteiger partial charge in [0.25, 0.3) is 0 Å². The lowest BCUT2D eigenvalue weighted by atomic mass is 9.99. The van der Waals surface area contributed by atoms with Crippen LogP contribution in [0.15, 0.2) is 0 Å². The van der Waals surface area contributed by atoms with Crippen molar-refractivity contribution in [1.82, 2.24) is 4.31 Å². The van der Waals surface area contributed by atoms with Crippen molar-refractivity contribution in [2.75, 3.05) is 19.3 Å². The summed E-state index contributed by atoms with van der Waals surface area (Å²) in [6, 6.07) is 0. The van der Waals surface area contributed by atoms with E-state index in [2.05, 4.69) is 0 Å². The molecule has 1 heterocycles. The normalized spacial score (nSPS) is 25.8. The first-order valence-corrected chi connectivity index (χ1v) is 6.05. The molecule has 0 bridgehead atoms. The third-order valence-corrected chi connectivity index (χ3v) is 3.56. The molecular formula is C7H15N3O2S. The number of sulfonamides is 1. The Labute approximate surface area is 78.5 Å². The zero-order valence-electron chi connectivity index (χ0n) is 7.66. The highest BCUT2D eigenvalue weighted by Crippen LogP contribution is 2.17. The molecule has 1 saturated heterocycles. The van der Waals surface area contributed by atoms with E-state index in [0.717, 1.165) is 12.8 Å². The molecule has 1 atom stereocenters. The van der Waals surface area contributed by atoms with Crippen molar-refractivity contribution in [2.24, 2.45) is 11.7 Å². The molecule has 0 aromatic heterocycles. The topological polar surface area (TPSA) is 87.2 Å². The van der Waals surface area contributed by atoms with E-state index >= 15 is 0 Å². The van der Waals surface area contributed by atoms with E-state index < -0.39 is 10.0 Å². The van der Waals surface area contributed by atoms with Crippen molar-refractivity contribution in [3.05, 3.63) is 0 Å². The van der Waals surface area contributed by atoms with Crippen LogP contribution in [0.2, 0.25) is 0 Å². The molecule has 0 saturated carbocycles. The number of hydrogen-bond donors (Lipinski definition) is 2. The van der Waals surface area contributed by atoms with Crippen molar-refractivity contribution in [1.29, 1.82) is 5.41 Å². The van der Waals surface area contributed by atoms with Crippen molar-refractivity contribution in [3.63, 3.8) is 0 Å². The van der Waals surface area contributed by atoms with Gasteiger partial charge in [-0.05, 0) is 12.8 Å². The number of nitrogens with zero attached hydrogens (tertiary/aromatic N) is 1. The summed E-state index contributed by atoms with van der Waals surface area (Å²) in [6.45, 7) is 0.927. The van der Waals surface area contributed by atoms with Gasteiger partial charge in [-0.15, -0.1) is 0 Å². The van der Waals surface area contributed by atoms with Crippen LogP contribution in [0.4, 0.5) is 0 Å². The molecule has 1 aliphatic heterocycles. The minimum Gasteiger partial charge on any atom is -0.387 e. The molecule has 0 aliphatic carbocycles. The van der Waals surface area contributed by atoms with Gasteiger partial charge in [0, 0.05) is 19.0 Å². The molecule has 0 amide bonds. The fourth-order valence-electron chi connectivity index (χ4n) is 1.50. The lowest BCUT2D eigenvalue weighted by Crippen LogP contribution is -2.43. The largest absolute Gasteiger partial charge is 0.387 e. The van der Waals surface area contributed by atoms with E-state index in [0.29, 0.717) is 13.1 Å². The fraction of sp³-hybridized carbons (Fsp3) is 0.857. The van der Waals surface area contributed by atoms with Gasteiger partial charge in [-0.2, -0.15) is 0 Å². The van der Waals surface area contributed by atoms with Crippen LogP contribution in [-0.2, 0) is 10.0 Å². The Morgan fingerprint density at radius 1 is 1.62 bits per heavy atom.